The summed E-state index contributed by atoms with van der Waals surface area (Å²) >= 11 is 0. The molecule has 1 fully saturated rings. The van der Waals surface area contributed by atoms with Crippen LogP contribution < -0.4 is 0 Å². The van der Waals surface area contributed by atoms with Crippen LogP contribution in [0.4, 0.5) is 0 Å². The van der Waals surface area contributed by atoms with E-state index in [2.05, 4.69) is 24.3 Å². The Bertz CT molecular complexity index is 515. The third-order valence-electron chi connectivity index (χ3n) is 4.80. The summed E-state index contributed by atoms with van der Waals surface area (Å²) in [4.78, 5) is 0. The Morgan fingerprint density at radius 2 is 1.09 bits per heavy atom. The molecule has 0 bridgehead atoms. The maximum atomic E-state index is 10.8. The topological polar surface area (TPSA) is 40.5 Å². The lowest BCUT2D eigenvalue weighted by Gasteiger charge is -2.37. The fraction of sp³-hybridized carbons (Fsp3) is 0.400. The summed E-state index contributed by atoms with van der Waals surface area (Å²) in [5.74, 6) is 0.278. The zero-order chi connectivity index (χ0) is 15.4. The van der Waals surface area contributed by atoms with Gasteiger partial charge in [-0.15, -0.1) is 0 Å². The van der Waals surface area contributed by atoms with Gasteiger partial charge in [-0.05, 0) is 48.6 Å². The van der Waals surface area contributed by atoms with Gasteiger partial charge in [0.25, 0.3) is 0 Å². The number of hydrogen-bond donors (Lipinski definition) is 2. The van der Waals surface area contributed by atoms with Crippen LogP contribution in [-0.2, 0) is 12.8 Å². The first-order valence-corrected chi connectivity index (χ1v) is 8.16. The minimum absolute atomic E-state index is 0.139. The Hall–Kier alpha value is -1.64. The molecule has 0 unspecified atom stereocenters. The van der Waals surface area contributed by atoms with Crippen LogP contribution >= 0.6 is 0 Å². The lowest BCUT2D eigenvalue weighted by molar-refractivity contribution is -0.0362. The molecule has 2 aromatic carbocycles. The van der Waals surface area contributed by atoms with Gasteiger partial charge in [-0.3, -0.25) is 0 Å². The Balaban J connectivity index is 1.69. The Morgan fingerprint density at radius 3 is 1.50 bits per heavy atom. The molecule has 1 aliphatic carbocycles. The monoisotopic (exact) mass is 296 g/mol. The fourth-order valence-corrected chi connectivity index (χ4v) is 3.70. The average Bonchev–Trinajstić information content (AvgIpc) is 2.54. The number of hydrogen-bond acceptors (Lipinski definition) is 2. The largest absolute Gasteiger partial charge is 0.393 e. The van der Waals surface area contributed by atoms with Crippen LogP contribution in [-0.4, -0.2) is 22.4 Å². The van der Waals surface area contributed by atoms with Gasteiger partial charge >= 0.3 is 0 Å². The van der Waals surface area contributed by atoms with Gasteiger partial charge in [0, 0.05) is 0 Å². The predicted octanol–water partition coefficient (Wildman–Crippen LogP) is 3.22. The van der Waals surface area contributed by atoms with Crippen molar-refractivity contribution in [1.29, 1.82) is 0 Å². The highest BCUT2D eigenvalue weighted by molar-refractivity contribution is 5.18. The number of aliphatic hydroxyl groups is 2. The molecule has 0 aromatic heterocycles. The van der Waals surface area contributed by atoms with Gasteiger partial charge in [0.15, 0.2) is 0 Å². The van der Waals surface area contributed by atoms with Crippen molar-refractivity contribution in [3.05, 3.63) is 71.8 Å². The van der Waals surface area contributed by atoms with Crippen molar-refractivity contribution in [2.75, 3.05) is 0 Å². The molecule has 1 aliphatic rings. The van der Waals surface area contributed by atoms with Gasteiger partial charge in [0.1, 0.15) is 0 Å². The second-order valence-corrected chi connectivity index (χ2v) is 6.52. The van der Waals surface area contributed by atoms with E-state index in [0.29, 0.717) is 12.8 Å². The van der Waals surface area contributed by atoms with E-state index in [-0.39, 0.29) is 24.0 Å². The molecule has 0 heterocycles. The Labute approximate surface area is 132 Å². The van der Waals surface area contributed by atoms with Crippen molar-refractivity contribution in [3.8, 4) is 0 Å². The summed E-state index contributed by atoms with van der Waals surface area (Å²) in [5.41, 5.74) is 2.47. The van der Waals surface area contributed by atoms with Crippen molar-refractivity contribution in [3.63, 3.8) is 0 Å². The van der Waals surface area contributed by atoms with Crippen molar-refractivity contribution < 1.29 is 10.2 Å². The van der Waals surface area contributed by atoms with Gasteiger partial charge < -0.3 is 10.2 Å². The van der Waals surface area contributed by atoms with E-state index in [4.69, 9.17) is 0 Å². The minimum Gasteiger partial charge on any atom is -0.393 e. The molecule has 22 heavy (non-hydrogen) atoms. The SMILES string of the molecule is OC1C[C@H](Cc2ccccc2)C(O)[C@@H](Cc2ccccc2)C1. The summed E-state index contributed by atoms with van der Waals surface area (Å²) in [5, 5.41) is 21.0. The first-order chi connectivity index (χ1) is 10.7. The Kier molecular flexibility index (Phi) is 4.91. The maximum Gasteiger partial charge on any atom is 0.0604 e. The van der Waals surface area contributed by atoms with E-state index >= 15 is 0 Å². The highest BCUT2D eigenvalue weighted by atomic mass is 16.3. The van der Waals surface area contributed by atoms with Gasteiger partial charge in [0.05, 0.1) is 12.2 Å². The van der Waals surface area contributed by atoms with Gasteiger partial charge in [-0.25, -0.2) is 0 Å². The second-order valence-electron chi connectivity index (χ2n) is 6.52. The molecule has 0 saturated heterocycles. The van der Waals surface area contributed by atoms with Crippen LogP contribution in [0.3, 0.4) is 0 Å². The second kappa shape index (κ2) is 7.08. The normalized spacial score (nSPS) is 28.5. The maximum absolute atomic E-state index is 10.8. The molecule has 2 aromatic rings. The van der Waals surface area contributed by atoms with E-state index in [0.717, 1.165) is 12.8 Å². The third kappa shape index (κ3) is 3.76. The molecule has 0 spiro atoms. The van der Waals surface area contributed by atoms with E-state index in [1.807, 2.05) is 36.4 Å². The third-order valence-corrected chi connectivity index (χ3v) is 4.80. The smallest absolute Gasteiger partial charge is 0.0604 e. The summed E-state index contributed by atoms with van der Waals surface area (Å²) in [6.45, 7) is 0. The van der Waals surface area contributed by atoms with E-state index < -0.39 is 0 Å². The summed E-state index contributed by atoms with van der Waals surface area (Å²) in [6.07, 6.45) is 2.42. The molecule has 2 nitrogen and oxygen atoms in total. The van der Waals surface area contributed by atoms with Crippen molar-refractivity contribution in [2.45, 2.75) is 37.9 Å². The zero-order valence-corrected chi connectivity index (χ0v) is 12.8. The standard InChI is InChI=1S/C20H24O2/c21-19-13-17(11-15-7-3-1-4-8-15)20(22)18(14-19)12-16-9-5-2-6-10-16/h1-10,17-22H,11-14H2/t17-,18-,19?,20?/m0/s1. The molecule has 1 saturated carbocycles. The quantitative estimate of drug-likeness (QED) is 0.909. The zero-order valence-electron chi connectivity index (χ0n) is 12.8. The predicted molar refractivity (Wildman–Crippen MR) is 88.5 cm³/mol. The highest BCUT2D eigenvalue weighted by Crippen LogP contribution is 2.34. The van der Waals surface area contributed by atoms with Crippen LogP contribution in [0, 0.1) is 11.8 Å². The molecule has 2 heteroatoms. The molecule has 0 amide bonds. The summed E-state index contributed by atoms with van der Waals surface area (Å²) in [6, 6.07) is 20.5. The molecule has 116 valence electrons. The summed E-state index contributed by atoms with van der Waals surface area (Å²) < 4.78 is 0. The molecule has 0 aliphatic heterocycles. The molecular weight excluding hydrogens is 272 g/mol. The highest BCUT2D eigenvalue weighted by Gasteiger charge is 2.35. The van der Waals surface area contributed by atoms with Crippen molar-refractivity contribution in [2.24, 2.45) is 11.8 Å². The first-order valence-electron chi connectivity index (χ1n) is 8.16. The first kappa shape index (κ1) is 15.3. The van der Waals surface area contributed by atoms with E-state index in [1.165, 1.54) is 11.1 Å². The van der Waals surface area contributed by atoms with Crippen molar-refractivity contribution in [1.82, 2.24) is 0 Å². The van der Waals surface area contributed by atoms with Gasteiger partial charge in [-0.1, -0.05) is 60.7 Å². The molecular formula is C20H24O2. The lowest BCUT2D eigenvalue weighted by Crippen LogP contribution is -2.41. The number of aliphatic hydroxyl groups excluding tert-OH is 2. The van der Waals surface area contributed by atoms with E-state index in [9.17, 15) is 10.2 Å². The molecule has 2 atom stereocenters. The average molecular weight is 296 g/mol. The van der Waals surface area contributed by atoms with Crippen LogP contribution in [0.25, 0.3) is 0 Å². The van der Waals surface area contributed by atoms with Gasteiger partial charge in [0.2, 0.25) is 0 Å². The van der Waals surface area contributed by atoms with E-state index in [1.54, 1.807) is 0 Å². The number of rotatable bonds is 4. The van der Waals surface area contributed by atoms with Crippen LogP contribution in [0.15, 0.2) is 60.7 Å². The summed E-state index contributed by atoms with van der Waals surface area (Å²) in [7, 11) is 0. The van der Waals surface area contributed by atoms with Crippen LogP contribution in [0.5, 0.6) is 0 Å². The fourth-order valence-electron chi connectivity index (χ4n) is 3.70. The minimum atomic E-state index is -0.344. The Morgan fingerprint density at radius 1 is 0.682 bits per heavy atom. The lowest BCUT2D eigenvalue weighted by atomic mass is 9.73. The van der Waals surface area contributed by atoms with Crippen LogP contribution in [0.1, 0.15) is 24.0 Å². The number of benzene rings is 2. The molecule has 0 radical (unpaired) electrons. The van der Waals surface area contributed by atoms with Crippen molar-refractivity contribution >= 4 is 0 Å². The molecule has 3 rings (SSSR count). The van der Waals surface area contributed by atoms with Gasteiger partial charge in [-0.2, -0.15) is 0 Å². The molecule has 2 N–H and O–H groups in total. The van der Waals surface area contributed by atoms with Crippen LogP contribution in [0.2, 0.25) is 0 Å².